The second kappa shape index (κ2) is 10.9. The molecular formula is C15H24ClN3O3. The van der Waals surface area contributed by atoms with Crippen molar-refractivity contribution in [3.63, 3.8) is 0 Å². The Labute approximate surface area is 137 Å². The van der Waals surface area contributed by atoms with Crippen LogP contribution in [0.4, 0.5) is 0 Å². The van der Waals surface area contributed by atoms with Crippen LogP contribution in [0.15, 0.2) is 24.3 Å². The zero-order valence-corrected chi connectivity index (χ0v) is 13.7. The van der Waals surface area contributed by atoms with Crippen molar-refractivity contribution < 1.29 is 14.3 Å². The third-order valence-electron chi connectivity index (χ3n) is 2.91. The first-order valence-corrected chi connectivity index (χ1v) is 7.02. The van der Waals surface area contributed by atoms with Gasteiger partial charge in [-0.2, -0.15) is 0 Å². The molecule has 124 valence electrons. The summed E-state index contributed by atoms with van der Waals surface area (Å²) in [6.07, 6.45) is 0.657. The molecule has 0 radical (unpaired) electrons. The van der Waals surface area contributed by atoms with Gasteiger partial charge in [0, 0.05) is 0 Å². The molecule has 0 aliphatic carbocycles. The molecule has 2 amide bonds. The summed E-state index contributed by atoms with van der Waals surface area (Å²) in [5.41, 5.74) is 6.26. The zero-order chi connectivity index (χ0) is 15.7. The van der Waals surface area contributed by atoms with E-state index in [2.05, 4.69) is 10.6 Å². The number of amides is 2. The van der Waals surface area contributed by atoms with Crippen molar-refractivity contribution in [1.29, 1.82) is 0 Å². The first-order valence-electron chi connectivity index (χ1n) is 7.02. The highest BCUT2D eigenvalue weighted by atomic mass is 35.5. The smallest absolute Gasteiger partial charge is 0.239 e. The number of rotatable bonds is 8. The lowest BCUT2D eigenvalue weighted by atomic mass is 10.2. The van der Waals surface area contributed by atoms with Gasteiger partial charge in [-0.1, -0.05) is 19.1 Å². The molecule has 0 saturated heterocycles. The fourth-order valence-corrected chi connectivity index (χ4v) is 1.69. The summed E-state index contributed by atoms with van der Waals surface area (Å²) in [5.74, 6) is 0.170. The molecule has 1 atom stereocenters. The van der Waals surface area contributed by atoms with Crippen LogP contribution in [0.5, 0.6) is 5.75 Å². The van der Waals surface area contributed by atoms with Crippen LogP contribution >= 0.6 is 12.4 Å². The third kappa shape index (κ3) is 7.85. The maximum absolute atomic E-state index is 11.6. The number of ether oxygens (including phenoxy) is 1. The van der Waals surface area contributed by atoms with Gasteiger partial charge in [0.05, 0.1) is 19.6 Å². The molecule has 7 heteroatoms. The standard InChI is InChI=1S/C15H23N3O3.ClH/c1-3-12(21-13-6-4-5-11(2)7-13)9-17-15(20)10-18-14(19)8-16;/h4-7,12H,3,8-10,16H2,1-2H3,(H,17,20)(H,18,19);1H. The summed E-state index contributed by atoms with van der Waals surface area (Å²) in [6.45, 7) is 4.18. The Morgan fingerprint density at radius 1 is 1.27 bits per heavy atom. The Hall–Kier alpha value is -1.79. The number of nitrogens with one attached hydrogen (secondary N) is 2. The van der Waals surface area contributed by atoms with Gasteiger partial charge in [0.2, 0.25) is 11.8 Å². The first kappa shape index (κ1) is 20.2. The lowest BCUT2D eigenvalue weighted by molar-refractivity contribution is -0.125. The SMILES string of the molecule is CCC(CNC(=O)CNC(=O)CN)Oc1cccc(C)c1.Cl. The molecule has 6 nitrogen and oxygen atoms in total. The molecule has 0 heterocycles. The van der Waals surface area contributed by atoms with E-state index >= 15 is 0 Å². The number of hydrogen-bond donors (Lipinski definition) is 3. The van der Waals surface area contributed by atoms with E-state index in [1.165, 1.54) is 0 Å². The van der Waals surface area contributed by atoms with Gasteiger partial charge in [-0.25, -0.2) is 0 Å². The summed E-state index contributed by atoms with van der Waals surface area (Å²) in [6, 6.07) is 7.76. The second-order valence-corrected chi connectivity index (χ2v) is 4.75. The molecule has 0 bridgehead atoms. The van der Waals surface area contributed by atoms with Crippen LogP contribution < -0.4 is 21.1 Å². The molecule has 1 unspecified atom stereocenters. The molecule has 0 fully saturated rings. The van der Waals surface area contributed by atoms with Crippen LogP contribution in [-0.2, 0) is 9.59 Å². The minimum absolute atomic E-state index is 0. The minimum atomic E-state index is -0.354. The molecule has 1 aromatic rings. The second-order valence-electron chi connectivity index (χ2n) is 4.75. The quantitative estimate of drug-likeness (QED) is 0.656. The fourth-order valence-electron chi connectivity index (χ4n) is 1.69. The number of carbonyl (C=O) groups is 2. The van der Waals surface area contributed by atoms with Crippen LogP contribution in [0.25, 0.3) is 0 Å². The average molecular weight is 330 g/mol. The highest BCUT2D eigenvalue weighted by molar-refractivity contribution is 5.85. The minimum Gasteiger partial charge on any atom is -0.489 e. The molecule has 4 N–H and O–H groups in total. The predicted molar refractivity (Wildman–Crippen MR) is 88.2 cm³/mol. The van der Waals surface area contributed by atoms with Gasteiger partial charge in [0.15, 0.2) is 0 Å². The molecule has 0 aliphatic heterocycles. The van der Waals surface area contributed by atoms with Crippen molar-refractivity contribution in [3.8, 4) is 5.75 Å². The van der Waals surface area contributed by atoms with E-state index in [4.69, 9.17) is 10.5 Å². The normalized spacial score (nSPS) is 11.0. The maximum Gasteiger partial charge on any atom is 0.239 e. The molecule has 22 heavy (non-hydrogen) atoms. The molecule has 0 saturated carbocycles. The van der Waals surface area contributed by atoms with E-state index in [-0.39, 0.29) is 43.4 Å². The van der Waals surface area contributed by atoms with Gasteiger partial charge in [-0.05, 0) is 31.0 Å². The van der Waals surface area contributed by atoms with Crippen LogP contribution in [0.3, 0.4) is 0 Å². The summed E-state index contributed by atoms with van der Waals surface area (Å²) in [7, 11) is 0. The zero-order valence-electron chi connectivity index (χ0n) is 12.9. The molecule has 0 aliphatic rings. The van der Waals surface area contributed by atoms with Gasteiger partial charge in [0.25, 0.3) is 0 Å². The van der Waals surface area contributed by atoms with E-state index in [0.717, 1.165) is 17.7 Å². The number of benzene rings is 1. The van der Waals surface area contributed by atoms with Crippen molar-refractivity contribution in [2.24, 2.45) is 5.73 Å². The summed E-state index contributed by atoms with van der Waals surface area (Å²) < 4.78 is 5.82. The largest absolute Gasteiger partial charge is 0.489 e. The number of carbonyl (C=O) groups excluding carboxylic acids is 2. The highest BCUT2D eigenvalue weighted by Crippen LogP contribution is 2.15. The van der Waals surface area contributed by atoms with E-state index < -0.39 is 0 Å². The lowest BCUT2D eigenvalue weighted by Crippen LogP contribution is -2.42. The van der Waals surface area contributed by atoms with E-state index in [0.29, 0.717) is 6.54 Å². The van der Waals surface area contributed by atoms with E-state index in [1.54, 1.807) is 0 Å². The van der Waals surface area contributed by atoms with Gasteiger partial charge >= 0.3 is 0 Å². The van der Waals surface area contributed by atoms with Crippen LogP contribution in [-0.4, -0.2) is 37.6 Å². The topological polar surface area (TPSA) is 93.5 Å². The summed E-state index contributed by atoms with van der Waals surface area (Å²) in [4.78, 5) is 22.5. The molecule has 0 spiro atoms. The predicted octanol–water partition coefficient (Wildman–Crippen LogP) is 0.765. The average Bonchev–Trinajstić information content (AvgIpc) is 2.48. The Bertz CT molecular complexity index is 483. The molecular weight excluding hydrogens is 306 g/mol. The Kier molecular flexibility index (Phi) is 9.98. The van der Waals surface area contributed by atoms with Gasteiger partial charge in [-0.3, -0.25) is 9.59 Å². The van der Waals surface area contributed by atoms with Crippen molar-refractivity contribution >= 4 is 24.2 Å². The van der Waals surface area contributed by atoms with E-state index in [9.17, 15) is 9.59 Å². The van der Waals surface area contributed by atoms with Gasteiger partial charge in [0.1, 0.15) is 11.9 Å². The van der Waals surface area contributed by atoms with Crippen molar-refractivity contribution in [2.75, 3.05) is 19.6 Å². The van der Waals surface area contributed by atoms with Crippen molar-refractivity contribution in [1.82, 2.24) is 10.6 Å². The molecule has 1 rings (SSSR count). The fraction of sp³-hybridized carbons (Fsp3) is 0.467. The highest BCUT2D eigenvalue weighted by Gasteiger charge is 2.11. The Balaban J connectivity index is 0.00000441. The van der Waals surface area contributed by atoms with E-state index in [1.807, 2.05) is 38.1 Å². The molecule has 1 aromatic carbocycles. The summed E-state index contributed by atoms with van der Waals surface area (Å²) >= 11 is 0. The number of nitrogens with two attached hydrogens (primary N) is 1. The van der Waals surface area contributed by atoms with Crippen LogP contribution in [0.1, 0.15) is 18.9 Å². The third-order valence-corrected chi connectivity index (χ3v) is 2.91. The van der Waals surface area contributed by atoms with Crippen molar-refractivity contribution in [2.45, 2.75) is 26.4 Å². The Morgan fingerprint density at radius 2 is 2.00 bits per heavy atom. The Morgan fingerprint density at radius 3 is 2.59 bits per heavy atom. The van der Waals surface area contributed by atoms with Gasteiger partial charge < -0.3 is 21.1 Å². The number of hydrogen-bond acceptors (Lipinski definition) is 4. The lowest BCUT2D eigenvalue weighted by Gasteiger charge is -2.18. The van der Waals surface area contributed by atoms with Crippen LogP contribution in [0.2, 0.25) is 0 Å². The first-order chi connectivity index (χ1) is 10.0. The number of halogens is 1. The van der Waals surface area contributed by atoms with Crippen molar-refractivity contribution in [3.05, 3.63) is 29.8 Å². The monoisotopic (exact) mass is 329 g/mol. The maximum atomic E-state index is 11.6. The number of aryl methyl sites for hydroxylation is 1. The van der Waals surface area contributed by atoms with Crippen LogP contribution in [0, 0.1) is 6.92 Å². The van der Waals surface area contributed by atoms with Gasteiger partial charge in [-0.15, -0.1) is 12.4 Å². The summed E-state index contributed by atoms with van der Waals surface area (Å²) in [5, 5.41) is 5.14. The molecule has 0 aromatic heterocycles.